The van der Waals surface area contributed by atoms with E-state index in [1.807, 2.05) is 76.6 Å². The number of para-hydroxylation sites is 1. The fraction of sp³-hybridized carbons (Fsp3) is 0.250. The minimum Gasteiger partial charge on any atom is -0.338 e. The summed E-state index contributed by atoms with van der Waals surface area (Å²) in [6.07, 6.45) is 4.74. The predicted octanol–water partition coefficient (Wildman–Crippen LogP) is 3.81. The molecule has 0 saturated carbocycles. The standard InChI is InChI=1S/C24H23N5O/c1-17-10-12-25-14-21(17)20-11-13-28(16-20)24(30)19-8-6-18(7-9-19)15-29-23-5-3-2-4-22(23)26-27-29/h2-10,12,14,20H,11,13,15-16H2,1H3. The van der Waals surface area contributed by atoms with Gasteiger partial charge in [0, 0.05) is 37.0 Å². The Balaban J connectivity index is 1.27. The molecule has 1 fully saturated rings. The number of hydrogen-bond acceptors (Lipinski definition) is 4. The summed E-state index contributed by atoms with van der Waals surface area (Å²) in [5.41, 5.74) is 6.21. The van der Waals surface area contributed by atoms with Crippen molar-refractivity contribution in [3.63, 3.8) is 0 Å². The van der Waals surface area contributed by atoms with Crippen molar-refractivity contribution in [2.24, 2.45) is 0 Å². The second-order valence-electron chi connectivity index (χ2n) is 7.90. The van der Waals surface area contributed by atoms with Gasteiger partial charge in [-0.2, -0.15) is 0 Å². The van der Waals surface area contributed by atoms with E-state index in [0.717, 1.165) is 41.7 Å². The minimum atomic E-state index is 0.0943. The van der Waals surface area contributed by atoms with E-state index >= 15 is 0 Å². The first kappa shape index (κ1) is 18.5. The van der Waals surface area contributed by atoms with Crippen LogP contribution in [0.15, 0.2) is 67.0 Å². The molecule has 1 aliphatic rings. The van der Waals surface area contributed by atoms with Gasteiger partial charge in [-0.1, -0.05) is 29.5 Å². The monoisotopic (exact) mass is 397 g/mol. The lowest BCUT2D eigenvalue weighted by atomic mass is 9.96. The van der Waals surface area contributed by atoms with Crippen LogP contribution in [-0.4, -0.2) is 43.9 Å². The van der Waals surface area contributed by atoms with Gasteiger partial charge in [-0.15, -0.1) is 5.10 Å². The number of benzene rings is 2. The van der Waals surface area contributed by atoms with Gasteiger partial charge in [-0.3, -0.25) is 9.78 Å². The molecular weight excluding hydrogens is 374 g/mol. The van der Waals surface area contributed by atoms with Crippen molar-refractivity contribution in [3.05, 3.63) is 89.2 Å². The Morgan fingerprint density at radius 3 is 2.77 bits per heavy atom. The summed E-state index contributed by atoms with van der Waals surface area (Å²) in [6, 6.07) is 17.8. The van der Waals surface area contributed by atoms with E-state index < -0.39 is 0 Å². The maximum atomic E-state index is 13.0. The van der Waals surface area contributed by atoms with Crippen LogP contribution in [0.5, 0.6) is 0 Å². The highest BCUT2D eigenvalue weighted by Crippen LogP contribution is 2.29. The molecular formula is C24H23N5O. The smallest absolute Gasteiger partial charge is 0.253 e. The molecule has 1 saturated heterocycles. The molecule has 6 nitrogen and oxygen atoms in total. The first-order valence-corrected chi connectivity index (χ1v) is 10.3. The Labute approximate surface area is 175 Å². The second-order valence-corrected chi connectivity index (χ2v) is 7.90. The molecule has 2 aromatic carbocycles. The zero-order valence-electron chi connectivity index (χ0n) is 16.9. The Morgan fingerprint density at radius 2 is 1.93 bits per heavy atom. The maximum absolute atomic E-state index is 13.0. The van der Waals surface area contributed by atoms with Crippen LogP contribution in [0.4, 0.5) is 0 Å². The molecule has 1 unspecified atom stereocenters. The first-order chi connectivity index (χ1) is 14.7. The van der Waals surface area contributed by atoms with Gasteiger partial charge >= 0.3 is 0 Å². The number of aromatic nitrogens is 4. The number of carbonyl (C=O) groups is 1. The van der Waals surface area contributed by atoms with Gasteiger partial charge in [0.05, 0.1) is 12.1 Å². The third-order valence-corrected chi connectivity index (χ3v) is 5.95. The number of hydrogen-bond donors (Lipinski definition) is 0. The summed E-state index contributed by atoms with van der Waals surface area (Å²) in [6.45, 7) is 4.27. The third-order valence-electron chi connectivity index (χ3n) is 5.95. The zero-order chi connectivity index (χ0) is 20.5. The second kappa shape index (κ2) is 7.71. The lowest BCUT2D eigenvalue weighted by molar-refractivity contribution is 0.0790. The average molecular weight is 397 g/mol. The molecule has 0 spiro atoms. The minimum absolute atomic E-state index is 0.0943. The topological polar surface area (TPSA) is 63.9 Å². The van der Waals surface area contributed by atoms with Crippen LogP contribution in [0.1, 0.15) is 39.4 Å². The number of fused-ring (bicyclic) bond motifs is 1. The number of rotatable bonds is 4. The number of nitrogens with zero attached hydrogens (tertiary/aromatic N) is 5. The molecule has 5 rings (SSSR count). The summed E-state index contributed by atoms with van der Waals surface area (Å²) in [7, 11) is 0. The van der Waals surface area contributed by atoms with E-state index in [4.69, 9.17) is 0 Å². The molecule has 0 N–H and O–H groups in total. The molecule has 6 heteroatoms. The van der Waals surface area contributed by atoms with Crippen molar-refractivity contribution >= 4 is 16.9 Å². The van der Waals surface area contributed by atoms with Crippen LogP contribution in [0.2, 0.25) is 0 Å². The highest BCUT2D eigenvalue weighted by Gasteiger charge is 2.28. The molecule has 1 amide bonds. The summed E-state index contributed by atoms with van der Waals surface area (Å²) < 4.78 is 1.88. The molecule has 0 radical (unpaired) electrons. The molecule has 0 bridgehead atoms. The molecule has 0 aliphatic carbocycles. The van der Waals surface area contributed by atoms with Crippen molar-refractivity contribution < 1.29 is 4.79 Å². The summed E-state index contributed by atoms with van der Waals surface area (Å²) in [4.78, 5) is 19.2. The Morgan fingerprint density at radius 1 is 1.10 bits per heavy atom. The maximum Gasteiger partial charge on any atom is 0.253 e. The summed E-state index contributed by atoms with van der Waals surface area (Å²) in [5.74, 6) is 0.458. The lowest BCUT2D eigenvalue weighted by Crippen LogP contribution is -2.28. The van der Waals surface area contributed by atoms with E-state index in [1.54, 1.807) is 0 Å². The molecule has 3 heterocycles. The van der Waals surface area contributed by atoms with Gasteiger partial charge in [0.1, 0.15) is 5.52 Å². The molecule has 4 aromatic rings. The van der Waals surface area contributed by atoms with Gasteiger partial charge in [-0.05, 0) is 60.4 Å². The van der Waals surface area contributed by atoms with Crippen molar-refractivity contribution in [1.82, 2.24) is 24.9 Å². The van der Waals surface area contributed by atoms with Crippen LogP contribution in [0.25, 0.3) is 11.0 Å². The Hall–Kier alpha value is -3.54. The largest absolute Gasteiger partial charge is 0.338 e. The normalized spacial score (nSPS) is 16.3. The van der Waals surface area contributed by atoms with E-state index in [-0.39, 0.29) is 5.91 Å². The molecule has 2 aromatic heterocycles. The number of likely N-dealkylation sites (tertiary alicyclic amines) is 1. The molecule has 150 valence electrons. The highest BCUT2D eigenvalue weighted by atomic mass is 16.2. The van der Waals surface area contributed by atoms with E-state index in [1.165, 1.54) is 11.1 Å². The lowest BCUT2D eigenvalue weighted by Gasteiger charge is -2.17. The van der Waals surface area contributed by atoms with E-state index in [0.29, 0.717) is 12.5 Å². The predicted molar refractivity (Wildman–Crippen MR) is 115 cm³/mol. The van der Waals surface area contributed by atoms with Gasteiger partial charge < -0.3 is 4.90 Å². The van der Waals surface area contributed by atoms with Gasteiger partial charge in [-0.25, -0.2) is 4.68 Å². The van der Waals surface area contributed by atoms with Gasteiger partial charge in [0.25, 0.3) is 5.91 Å². The highest BCUT2D eigenvalue weighted by molar-refractivity contribution is 5.94. The number of pyridine rings is 1. The van der Waals surface area contributed by atoms with Gasteiger partial charge in [0.2, 0.25) is 0 Å². The molecule has 30 heavy (non-hydrogen) atoms. The van der Waals surface area contributed by atoms with E-state index in [9.17, 15) is 4.79 Å². The summed E-state index contributed by atoms with van der Waals surface area (Å²) >= 11 is 0. The van der Waals surface area contributed by atoms with E-state index in [2.05, 4.69) is 22.2 Å². The Bertz CT molecular complexity index is 1200. The Kier molecular flexibility index (Phi) is 4.75. The summed E-state index contributed by atoms with van der Waals surface area (Å²) in [5, 5.41) is 8.44. The quantitative estimate of drug-likeness (QED) is 0.525. The fourth-order valence-electron chi connectivity index (χ4n) is 4.24. The fourth-order valence-corrected chi connectivity index (χ4v) is 4.24. The van der Waals surface area contributed by atoms with Crippen molar-refractivity contribution in [1.29, 1.82) is 0 Å². The van der Waals surface area contributed by atoms with Crippen LogP contribution >= 0.6 is 0 Å². The number of amides is 1. The van der Waals surface area contributed by atoms with Crippen molar-refractivity contribution in [3.8, 4) is 0 Å². The number of carbonyl (C=O) groups excluding carboxylic acids is 1. The number of aryl methyl sites for hydroxylation is 1. The van der Waals surface area contributed by atoms with Gasteiger partial charge in [0.15, 0.2) is 0 Å². The molecule has 1 aliphatic heterocycles. The van der Waals surface area contributed by atoms with Crippen LogP contribution in [0.3, 0.4) is 0 Å². The van der Waals surface area contributed by atoms with Crippen LogP contribution in [0, 0.1) is 6.92 Å². The third kappa shape index (κ3) is 3.45. The SMILES string of the molecule is Cc1ccncc1C1CCN(C(=O)c2ccc(Cn3nnc4ccccc43)cc2)C1. The van der Waals surface area contributed by atoms with Crippen LogP contribution in [-0.2, 0) is 6.54 Å². The van der Waals surface area contributed by atoms with Crippen molar-refractivity contribution in [2.75, 3.05) is 13.1 Å². The first-order valence-electron chi connectivity index (χ1n) is 10.3. The van der Waals surface area contributed by atoms with Crippen LogP contribution < -0.4 is 0 Å². The molecule has 1 atom stereocenters. The zero-order valence-corrected chi connectivity index (χ0v) is 16.9. The average Bonchev–Trinajstić information content (AvgIpc) is 3.42. The van der Waals surface area contributed by atoms with Crippen molar-refractivity contribution in [2.45, 2.75) is 25.8 Å².